The lowest BCUT2D eigenvalue weighted by Gasteiger charge is -2.36. The van der Waals surface area contributed by atoms with E-state index < -0.39 is 52.0 Å². The Kier molecular flexibility index (Phi) is 6.36. The maximum atomic E-state index is 16.2. The van der Waals surface area contributed by atoms with E-state index in [9.17, 15) is 31.5 Å². The first-order chi connectivity index (χ1) is 14.3. The average molecular weight is 440 g/mol. The molecule has 0 saturated carbocycles. The highest BCUT2D eigenvalue weighted by molar-refractivity contribution is 5.88. The van der Waals surface area contributed by atoms with Crippen LogP contribution in [0.15, 0.2) is 48.5 Å². The second kappa shape index (κ2) is 8.44. The monoisotopic (exact) mass is 440 g/mol. The van der Waals surface area contributed by atoms with E-state index in [4.69, 9.17) is 10.2 Å². The maximum absolute atomic E-state index is 16.2. The Hall–Kier alpha value is -3.92. The fraction of sp³-hybridized carbons (Fsp3) is 0.143. The van der Waals surface area contributed by atoms with Crippen molar-refractivity contribution in [1.82, 2.24) is 0 Å². The highest BCUT2D eigenvalue weighted by Gasteiger charge is 2.73. The lowest BCUT2D eigenvalue weighted by molar-refractivity contribution is -0.323. The smallest absolute Gasteiger partial charge is 0.457 e. The number of carboxylic acid groups (broad SMARTS) is 2. The largest absolute Gasteiger partial charge is 0.472 e. The van der Waals surface area contributed by atoms with E-state index in [-0.39, 0.29) is 0 Å². The summed E-state index contributed by atoms with van der Waals surface area (Å²) in [6.07, 6.45) is -6.39. The van der Waals surface area contributed by atoms with Crippen LogP contribution < -0.4 is 0 Å². The minimum atomic E-state index is -6.39. The Morgan fingerprint density at radius 2 is 1.03 bits per heavy atom. The van der Waals surface area contributed by atoms with E-state index in [0.717, 1.165) is 36.4 Å². The molecule has 160 valence electrons. The second-order valence-electron chi connectivity index (χ2n) is 5.93. The Bertz CT molecular complexity index is 1070. The van der Waals surface area contributed by atoms with Gasteiger partial charge in [0.2, 0.25) is 5.67 Å². The van der Waals surface area contributed by atoms with Gasteiger partial charge in [-0.15, -0.1) is 0 Å². The summed E-state index contributed by atoms with van der Waals surface area (Å²) in [5.74, 6) is -2.69. The molecular weight excluding hydrogens is 430 g/mol. The molecule has 0 amide bonds. The van der Waals surface area contributed by atoms with Gasteiger partial charge in [-0.25, -0.2) is 14.0 Å². The molecule has 2 aromatic carbocycles. The van der Waals surface area contributed by atoms with Crippen molar-refractivity contribution >= 4 is 11.9 Å². The summed E-state index contributed by atoms with van der Waals surface area (Å²) < 4.78 is 85.6. The SMILES string of the molecule is O=C(O)C#Cc1ccccc1C(F)(c1ccccc1C#CC(=O)O)C(F)(F)C(F)(F)F. The summed E-state index contributed by atoms with van der Waals surface area (Å²) >= 11 is 0. The quantitative estimate of drug-likeness (QED) is 0.560. The van der Waals surface area contributed by atoms with E-state index in [2.05, 4.69) is 0 Å². The number of hydrogen-bond acceptors (Lipinski definition) is 2. The van der Waals surface area contributed by atoms with E-state index in [1.54, 1.807) is 0 Å². The molecule has 4 nitrogen and oxygen atoms in total. The number of aliphatic carboxylic acids is 2. The third-order valence-corrected chi connectivity index (χ3v) is 3.99. The number of carbonyl (C=O) groups is 2. The van der Waals surface area contributed by atoms with E-state index in [0.29, 0.717) is 12.1 Å². The molecule has 0 aliphatic rings. The van der Waals surface area contributed by atoms with Gasteiger partial charge >= 0.3 is 24.0 Å². The minimum absolute atomic E-state index is 0.604. The molecule has 2 rings (SSSR count). The van der Waals surface area contributed by atoms with Gasteiger partial charge < -0.3 is 10.2 Å². The summed E-state index contributed by atoms with van der Waals surface area (Å²) in [6.45, 7) is 0. The highest BCUT2D eigenvalue weighted by atomic mass is 19.4. The molecule has 0 aliphatic heterocycles. The van der Waals surface area contributed by atoms with Gasteiger partial charge in [-0.05, 0) is 12.1 Å². The van der Waals surface area contributed by atoms with Crippen LogP contribution in [0.3, 0.4) is 0 Å². The molecule has 0 bridgehead atoms. The zero-order valence-electron chi connectivity index (χ0n) is 15.1. The zero-order valence-corrected chi connectivity index (χ0v) is 15.1. The first kappa shape index (κ1) is 23.4. The molecule has 0 radical (unpaired) electrons. The Morgan fingerprint density at radius 3 is 1.35 bits per heavy atom. The zero-order chi connectivity index (χ0) is 23.4. The number of hydrogen-bond donors (Lipinski definition) is 2. The molecule has 0 aliphatic carbocycles. The van der Waals surface area contributed by atoms with Crippen molar-refractivity contribution in [2.24, 2.45) is 0 Å². The first-order valence-electron chi connectivity index (χ1n) is 8.14. The van der Waals surface area contributed by atoms with Crippen molar-refractivity contribution in [3.05, 3.63) is 70.8 Å². The van der Waals surface area contributed by atoms with E-state index in [1.165, 1.54) is 11.8 Å². The number of rotatable bonds is 3. The maximum Gasteiger partial charge on any atom is 0.457 e. The molecule has 31 heavy (non-hydrogen) atoms. The van der Waals surface area contributed by atoms with Crippen LogP contribution >= 0.6 is 0 Å². The van der Waals surface area contributed by atoms with Gasteiger partial charge in [-0.3, -0.25) is 0 Å². The summed E-state index contributed by atoms with van der Waals surface area (Å²) in [7, 11) is 0. The summed E-state index contributed by atoms with van der Waals surface area (Å²) in [5.41, 5.74) is -8.64. The van der Waals surface area contributed by atoms with Gasteiger partial charge in [0.05, 0.1) is 0 Å². The van der Waals surface area contributed by atoms with Gasteiger partial charge in [0, 0.05) is 34.1 Å². The van der Waals surface area contributed by atoms with Crippen LogP contribution in [0, 0.1) is 23.7 Å². The molecule has 0 heterocycles. The van der Waals surface area contributed by atoms with Crippen LogP contribution in [-0.4, -0.2) is 34.3 Å². The number of carboxylic acids is 2. The van der Waals surface area contributed by atoms with Crippen molar-refractivity contribution in [1.29, 1.82) is 0 Å². The Labute approximate surface area is 171 Å². The summed E-state index contributed by atoms with van der Waals surface area (Å²) in [6, 6.07) is 7.16. The molecule has 0 spiro atoms. The molecule has 0 aromatic heterocycles. The van der Waals surface area contributed by atoms with Gasteiger partial charge in [-0.1, -0.05) is 48.2 Å². The molecule has 0 fully saturated rings. The standard InChI is InChI=1S/C21H10F6O4/c22-19(20(23,24)21(25,26)27,15-7-3-1-5-13(15)9-11-17(28)29)16-8-4-2-6-14(16)10-12-18(30)31/h1-8H,(H,28,29)(H,30,31). The molecule has 10 heteroatoms. The molecule has 0 saturated heterocycles. The minimum Gasteiger partial charge on any atom is -0.472 e. The van der Waals surface area contributed by atoms with Crippen molar-refractivity contribution in [3.63, 3.8) is 0 Å². The third-order valence-electron chi connectivity index (χ3n) is 3.99. The summed E-state index contributed by atoms with van der Waals surface area (Å²) in [5, 5.41) is 17.3. The Morgan fingerprint density at radius 1 is 0.677 bits per heavy atom. The van der Waals surface area contributed by atoms with Gasteiger partial charge in [0.15, 0.2) is 0 Å². The number of halogens is 6. The number of benzene rings is 2. The van der Waals surface area contributed by atoms with Crippen LogP contribution in [0.1, 0.15) is 22.3 Å². The highest BCUT2D eigenvalue weighted by Crippen LogP contribution is 2.55. The summed E-state index contributed by atoms with van der Waals surface area (Å²) in [4.78, 5) is 21.4. The van der Waals surface area contributed by atoms with Gasteiger partial charge in [0.25, 0.3) is 0 Å². The normalized spacial score (nSPS) is 11.5. The molecule has 2 aromatic rings. The van der Waals surface area contributed by atoms with Gasteiger partial charge in [0.1, 0.15) is 0 Å². The predicted molar refractivity (Wildman–Crippen MR) is 94.8 cm³/mol. The van der Waals surface area contributed by atoms with Crippen LogP contribution in [0.2, 0.25) is 0 Å². The van der Waals surface area contributed by atoms with Crippen LogP contribution in [0.5, 0.6) is 0 Å². The lowest BCUT2D eigenvalue weighted by atomic mass is 9.78. The topological polar surface area (TPSA) is 74.6 Å². The molecular formula is C21H10F6O4. The van der Waals surface area contributed by atoms with Crippen molar-refractivity contribution < 1.29 is 46.1 Å². The van der Waals surface area contributed by atoms with Crippen molar-refractivity contribution in [2.45, 2.75) is 17.8 Å². The van der Waals surface area contributed by atoms with Crippen LogP contribution in [-0.2, 0) is 15.3 Å². The Balaban J connectivity index is 2.99. The van der Waals surface area contributed by atoms with Gasteiger partial charge in [-0.2, -0.15) is 22.0 Å². The van der Waals surface area contributed by atoms with Crippen LogP contribution in [0.4, 0.5) is 26.3 Å². The first-order valence-corrected chi connectivity index (χ1v) is 8.14. The van der Waals surface area contributed by atoms with Crippen LogP contribution in [0.25, 0.3) is 0 Å². The molecule has 0 unspecified atom stereocenters. The number of alkyl halides is 6. The lowest BCUT2D eigenvalue weighted by Crippen LogP contribution is -2.53. The fourth-order valence-electron chi connectivity index (χ4n) is 2.71. The van der Waals surface area contributed by atoms with Crippen molar-refractivity contribution in [2.75, 3.05) is 0 Å². The predicted octanol–water partition coefficient (Wildman–Crippen LogP) is 3.97. The van der Waals surface area contributed by atoms with Crippen molar-refractivity contribution in [3.8, 4) is 23.7 Å². The third kappa shape index (κ3) is 4.48. The van der Waals surface area contributed by atoms with E-state index in [1.807, 2.05) is 11.8 Å². The molecule has 2 N–H and O–H groups in total. The fourth-order valence-corrected chi connectivity index (χ4v) is 2.71. The average Bonchev–Trinajstić information content (AvgIpc) is 2.69. The second-order valence-corrected chi connectivity index (χ2v) is 5.93. The molecule has 0 atom stereocenters. The van der Waals surface area contributed by atoms with E-state index >= 15 is 4.39 Å².